The first-order valence-corrected chi connectivity index (χ1v) is 9.02. The van der Waals surface area contributed by atoms with Gasteiger partial charge in [-0.1, -0.05) is 12.7 Å². The lowest BCUT2D eigenvalue weighted by Gasteiger charge is -2.19. The molecule has 3 rings (SSSR count). The van der Waals surface area contributed by atoms with Crippen LogP contribution in [0, 0.1) is 11.6 Å². The number of hydrogen-bond donors (Lipinski definition) is 0. The van der Waals surface area contributed by atoms with Gasteiger partial charge in [-0.3, -0.25) is 0 Å². The molecule has 0 aliphatic carbocycles. The molecule has 0 saturated carbocycles. The summed E-state index contributed by atoms with van der Waals surface area (Å²) in [5.41, 5.74) is -0.503. The molecule has 0 heterocycles. The number of fused-ring (bicyclic) bond motifs is 1. The van der Waals surface area contributed by atoms with E-state index in [4.69, 9.17) is 9.47 Å². The summed E-state index contributed by atoms with van der Waals surface area (Å²) in [7, 11) is 0. The van der Waals surface area contributed by atoms with Crippen LogP contribution in [0.3, 0.4) is 0 Å². The molecule has 0 saturated heterocycles. The largest absolute Gasteiger partial charge is 0.490 e. The number of ether oxygens (including phenoxy) is 3. The van der Waals surface area contributed by atoms with Crippen molar-refractivity contribution in [2.45, 2.75) is 12.3 Å². The third-order valence-corrected chi connectivity index (χ3v) is 4.14. The number of rotatable bonds is 8. The van der Waals surface area contributed by atoms with Gasteiger partial charge in [-0.05, 0) is 53.9 Å². The van der Waals surface area contributed by atoms with Gasteiger partial charge in [0.05, 0.1) is 5.56 Å². The normalized spacial score (nSPS) is 12.0. The van der Waals surface area contributed by atoms with E-state index < -0.39 is 47.6 Å². The molecule has 0 aromatic heterocycles. The Bertz CT molecular complexity index is 1110. The Hall–Kier alpha value is -3.43. The van der Waals surface area contributed by atoms with Gasteiger partial charge >= 0.3 is 12.3 Å². The molecule has 170 valence electrons. The van der Waals surface area contributed by atoms with Crippen molar-refractivity contribution >= 4 is 10.8 Å². The van der Waals surface area contributed by atoms with Crippen molar-refractivity contribution in [1.29, 1.82) is 0 Å². The fourth-order valence-corrected chi connectivity index (χ4v) is 2.75. The van der Waals surface area contributed by atoms with Crippen LogP contribution in [-0.2, 0) is 6.11 Å². The van der Waals surface area contributed by atoms with Crippen molar-refractivity contribution in [1.82, 2.24) is 0 Å². The van der Waals surface area contributed by atoms with Gasteiger partial charge in [0.15, 0.2) is 24.0 Å². The maximum absolute atomic E-state index is 14.5. The Morgan fingerprint density at radius 3 is 2.12 bits per heavy atom. The molecule has 0 radical (unpaired) electrons. The van der Waals surface area contributed by atoms with Gasteiger partial charge in [-0.15, -0.1) is 0 Å². The fourth-order valence-electron chi connectivity index (χ4n) is 2.75. The summed E-state index contributed by atoms with van der Waals surface area (Å²) in [4.78, 5) is 0. The Labute approximate surface area is 177 Å². The molecule has 3 aromatic carbocycles. The summed E-state index contributed by atoms with van der Waals surface area (Å²) in [6.07, 6.45) is -7.10. The first-order chi connectivity index (χ1) is 15.0. The number of benzene rings is 3. The molecule has 32 heavy (non-hydrogen) atoms. The first kappa shape index (κ1) is 23.2. The Balaban J connectivity index is 1.84. The lowest BCUT2D eigenvalue weighted by atomic mass is 10.1. The van der Waals surface area contributed by atoms with Gasteiger partial charge in [0, 0.05) is 5.39 Å². The highest BCUT2D eigenvalue weighted by Crippen LogP contribution is 2.36. The van der Waals surface area contributed by atoms with E-state index in [2.05, 4.69) is 11.3 Å². The number of halogens is 7. The van der Waals surface area contributed by atoms with E-state index in [0.717, 1.165) is 30.3 Å². The maximum atomic E-state index is 14.5. The SMILES string of the molecule is C=CCOc1ccc(C(F)(F)Oc2ccc3c(F)c(OCC(F)(F)F)c(F)cc3c2)cc1. The van der Waals surface area contributed by atoms with E-state index in [1.807, 2.05) is 0 Å². The van der Waals surface area contributed by atoms with Crippen molar-refractivity contribution in [2.24, 2.45) is 0 Å². The lowest BCUT2D eigenvalue weighted by molar-refractivity contribution is -0.185. The minimum absolute atomic E-state index is 0.194. The van der Waals surface area contributed by atoms with Crippen LogP contribution in [0.5, 0.6) is 17.2 Å². The van der Waals surface area contributed by atoms with Crippen LogP contribution < -0.4 is 14.2 Å². The van der Waals surface area contributed by atoms with E-state index in [1.54, 1.807) is 0 Å². The number of hydrogen-bond acceptors (Lipinski definition) is 3. The maximum Gasteiger partial charge on any atom is 0.426 e. The van der Waals surface area contributed by atoms with Gasteiger partial charge in [-0.2, -0.15) is 22.0 Å². The molecule has 3 aromatic rings. The quantitative estimate of drug-likeness (QED) is 0.275. The third-order valence-electron chi connectivity index (χ3n) is 4.14. The molecule has 10 heteroatoms. The zero-order chi connectivity index (χ0) is 23.5. The molecule has 0 aliphatic rings. The topological polar surface area (TPSA) is 27.7 Å². The van der Waals surface area contributed by atoms with E-state index in [1.165, 1.54) is 18.2 Å². The summed E-state index contributed by atoms with van der Waals surface area (Å²) < 4.78 is 108. The molecule has 0 fully saturated rings. The predicted octanol–water partition coefficient (Wildman–Crippen LogP) is 6.75. The monoisotopic (exact) mass is 460 g/mol. The van der Waals surface area contributed by atoms with Crippen LogP contribution in [0.15, 0.2) is 61.2 Å². The fraction of sp³-hybridized carbons (Fsp3) is 0.182. The Kier molecular flexibility index (Phi) is 6.52. The Morgan fingerprint density at radius 1 is 0.844 bits per heavy atom. The van der Waals surface area contributed by atoms with Crippen LogP contribution in [0.2, 0.25) is 0 Å². The third kappa shape index (κ3) is 5.43. The average molecular weight is 460 g/mol. The Morgan fingerprint density at radius 2 is 1.50 bits per heavy atom. The van der Waals surface area contributed by atoms with Gasteiger partial charge in [0.2, 0.25) is 0 Å². The highest BCUT2D eigenvalue weighted by atomic mass is 19.4. The van der Waals surface area contributed by atoms with E-state index in [0.29, 0.717) is 11.8 Å². The molecule has 0 bridgehead atoms. The minimum atomic E-state index is -4.80. The highest BCUT2D eigenvalue weighted by molar-refractivity contribution is 5.86. The van der Waals surface area contributed by atoms with Crippen molar-refractivity contribution in [3.05, 3.63) is 78.4 Å². The van der Waals surface area contributed by atoms with Crippen molar-refractivity contribution in [3.8, 4) is 17.2 Å². The second kappa shape index (κ2) is 8.97. The van der Waals surface area contributed by atoms with E-state index in [-0.39, 0.29) is 17.4 Å². The van der Waals surface area contributed by atoms with Crippen molar-refractivity contribution in [3.63, 3.8) is 0 Å². The summed E-state index contributed by atoms with van der Waals surface area (Å²) in [6, 6.07) is 8.35. The minimum Gasteiger partial charge on any atom is -0.490 e. The van der Waals surface area contributed by atoms with Crippen LogP contribution in [0.1, 0.15) is 5.56 Å². The zero-order valence-electron chi connectivity index (χ0n) is 16.2. The standard InChI is InChI=1S/C22H15F7O3/c1-2-9-30-15-5-3-14(4-6-15)22(28,29)32-16-7-8-17-13(10-16)11-18(23)20(19(17)24)31-12-21(25,26)27/h2-8,10-11H,1,9,12H2. The summed E-state index contributed by atoms with van der Waals surface area (Å²) >= 11 is 0. The lowest BCUT2D eigenvalue weighted by Crippen LogP contribution is -2.21. The van der Waals surface area contributed by atoms with Crippen LogP contribution >= 0.6 is 0 Å². The first-order valence-electron chi connectivity index (χ1n) is 9.02. The molecule has 0 atom stereocenters. The smallest absolute Gasteiger partial charge is 0.426 e. The van der Waals surface area contributed by atoms with Gasteiger partial charge in [0.25, 0.3) is 0 Å². The average Bonchev–Trinajstić information content (AvgIpc) is 2.71. The van der Waals surface area contributed by atoms with Gasteiger partial charge < -0.3 is 14.2 Å². The second-order valence-electron chi connectivity index (χ2n) is 6.53. The highest BCUT2D eigenvalue weighted by Gasteiger charge is 2.35. The second-order valence-corrected chi connectivity index (χ2v) is 6.53. The molecule has 0 unspecified atom stereocenters. The summed E-state index contributed by atoms with van der Waals surface area (Å²) in [6.45, 7) is 1.77. The van der Waals surface area contributed by atoms with Gasteiger partial charge in [-0.25, -0.2) is 8.78 Å². The van der Waals surface area contributed by atoms with Crippen LogP contribution in [-0.4, -0.2) is 19.4 Å². The van der Waals surface area contributed by atoms with E-state index >= 15 is 0 Å². The van der Waals surface area contributed by atoms with Gasteiger partial charge in [0.1, 0.15) is 18.1 Å². The molecule has 0 N–H and O–H groups in total. The summed E-state index contributed by atoms with van der Waals surface area (Å²) in [5, 5.41) is -0.538. The summed E-state index contributed by atoms with van der Waals surface area (Å²) in [5.74, 6) is -4.11. The van der Waals surface area contributed by atoms with Crippen LogP contribution in [0.25, 0.3) is 10.8 Å². The number of alkyl halides is 5. The zero-order valence-corrected chi connectivity index (χ0v) is 16.2. The molecule has 0 spiro atoms. The van der Waals surface area contributed by atoms with Crippen molar-refractivity contribution in [2.75, 3.05) is 13.2 Å². The molecular weight excluding hydrogens is 445 g/mol. The predicted molar refractivity (Wildman–Crippen MR) is 102 cm³/mol. The molecule has 0 amide bonds. The van der Waals surface area contributed by atoms with Crippen LogP contribution in [0.4, 0.5) is 30.7 Å². The van der Waals surface area contributed by atoms with Crippen molar-refractivity contribution < 1.29 is 44.9 Å². The van der Waals surface area contributed by atoms with E-state index in [9.17, 15) is 30.7 Å². The molecular formula is C22H15F7O3. The molecule has 0 aliphatic heterocycles. The molecule has 3 nitrogen and oxygen atoms in total.